The van der Waals surface area contributed by atoms with Crippen LogP contribution < -0.4 is 5.73 Å². The van der Waals surface area contributed by atoms with Gasteiger partial charge in [0.1, 0.15) is 0 Å². The van der Waals surface area contributed by atoms with Gasteiger partial charge in [0.2, 0.25) is 0 Å². The van der Waals surface area contributed by atoms with E-state index < -0.39 is 0 Å². The smallest absolute Gasteiger partial charge is 0.0300 e. The topological polar surface area (TPSA) is 26.0 Å². The number of nitrogens with two attached hydrogens (primary N) is 1. The van der Waals surface area contributed by atoms with Crippen molar-refractivity contribution in [2.45, 2.75) is 52.0 Å². The van der Waals surface area contributed by atoms with E-state index in [1.807, 2.05) is 0 Å². The molecule has 104 valence electrons. The van der Waals surface area contributed by atoms with Crippen LogP contribution in [0.4, 0.5) is 0 Å². The number of halogens is 1. The molecule has 2 bridgehead atoms. The van der Waals surface area contributed by atoms with Crippen LogP contribution in [0.15, 0.2) is 16.6 Å². The summed E-state index contributed by atoms with van der Waals surface area (Å²) in [6.07, 6.45) is 7.04. The average molecular weight is 322 g/mol. The average Bonchev–Trinajstić information content (AvgIpc) is 2.95. The van der Waals surface area contributed by atoms with E-state index in [4.69, 9.17) is 5.73 Å². The third-order valence-corrected chi connectivity index (χ3v) is 6.24. The highest BCUT2D eigenvalue weighted by Gasteiger charge is 2.39. The molecule has 0 aromatic heterocycles. The Morgan fingerprint density at radius 1 is 1.21 bits per heavy atom. The lowest BCUT2D eigenvalue weighted by molar-refractivity contribution is 0.296. The molecule has 0 aliphatic heterocycles. The van der Waals surface area contributed by atoms with Crippen molar-refractivity contribution in [3.8, 4) is 0 Å². The van der Waals surface area contributed by atoms with Gasteiger partial charge in [0.15, 0.2) is 0 Å². The van der Waals surface area contributed by atoms with Crippen molar-refractivity contribution in [3.05, 3.63) is 33.3 Å². The molecule has 2 fully saturated rings. The lowest BCUT2D eigenvalue weighted by atomic mass is 9.82. The van der Waals surface area contributed by atoms with Crippen molar-refractivity contribution in [1.82, 2.24) is 0 Å². The second-order valence-corrected chi connectivity index (χ2v) is 7.59. The normalized spacial score (nSPS) is 30.8. The number of benzene rings is 1. The molecule has 2 aliphatic carbocycles. The highest BCUT2D eigenvalue weighted by Crippen LogP contribution is 2.50. The maximum absolute atomic E-state index is 6.51. The first-order valence-corrected chi connectivity index (χ1v) is 8.36. The van der Waals surface area contributed by atoms with Crippen molar-refractivity contribution in [2.75, 3.05) is 0 Å². The van der Waals surface area contributed by atoms with E-state index in [1.54, 1.807) is 0 Å². The third-order valence-electron chi connectivity index (χ3n) is 5.39. The summed E-state index contributed by atoms with van der Waals surface area (Å²) in [5, 5.41) is 0. The summed E-state index contributed by atoms with van der Waals surface area (Å²) < 4.78 is 1.20. The van der Waals surface area contributed by atoms with Gasteiger partial charge in [-0.1, -0.05) is 28.4 Å². The number of hydrogen-bond acceptors (Lipinski definition) is 1. The van der Waals surface area contributed by atoms with Crippen LogP contribution in [0.3, 0.4) is 0 Å². The molecule has 0 radical (unpaired) electrons. The number of rotatable bonds is 3. The van der Waals surface area contributed by atoms with Gasteiger partial charge in [-0.25, -0.2) is 0 Å². The quantitative estimate of drug-likeness (QED) is 0.842. The SMILES string of the molecule is Cc1cc(C(N)CC2CC3CCC2C3)c(C)cc1Br. The van der Waals surface area contributed by atoms with Crippen LogP contribution >= 0.6 is 15.9 Å². The Balaban J connectivity index is 1.73. The van der Waals surface area contributed by atoms with E-state index in [-0.39, 0.29) is 6.04 Å². The van der Waals surface area contributed by atoms with Crippen molar-refractivity contribution in [1.29, 1.82) is 0 Å². The van der Waals surface area contributed by atoms with Crippen LogP contribution in [0.2, 0.25) is 0 Å². The largest absolute Gasteiger partial charge is 0.324 e. The minimum atomic E-state index is 0.219. The first-order valence-electron chi connectivity index (χ1n) is 7.57. The van der Waals surface area contributed by atoms with Crippen molar-refractivity contribution in [2.24, 2.45) is 23.5 Å². The molecule has 2 saturated carbocycles. The number of hydrogen-bond donors (Lipinski definition) is 1. The maximum atomic E-state index is 6.51. The fourth-order valence-electron chi connectivity index (χ4n) is 4.32. The Morgan fingerprint density at radius 2 is 2.00 bits per heavy atom. The maximum Gasteiger partial charge on any atom is 0.0300 e. The van der Waals surface area contributed by atoms with Crippen LogP contribution in [-0.2, 0) is 0 Å². The standard InChI is InChI=1S/C17H24BrN/c1-10-6-16(18)11(2)5-15(10)17(19)9-14-8-12-3-4-13(14)7-12/h5-6,12-14,17H,3-4,7-9,19H2,1-2H3. The molecular formula is C17H24BrN. The molecule has 2 N–H and O–H groups in total. The molecule has 2 aliphatic rings. The molecule has 0 amide bonds. The highest BCUT2D eigenvalue weighted by atomic mass is 79.9. The molecule has 0 spiro atoms. The lowest BCUT2D eigenvalue weighted by Gasteiger charge is -2.26. The van der Waals surface area contributed by atoms with Gasteiger partial charge < -0.3 is 5.73 Å². The Hall–Kier alpha value is -0.340. The summed E-state index contributed by atoms with van der Waals surface area (Å²) in [4.78, 5) is 0. The first kappa shape index (κ1) is 13.6. The van der Waals surface area contributed by atoms with Gasteiger partial charge in [0, 0.05) is 10.5 Å². The zero-order valence-corrected chi connectivity index (χ0v) is 13.5. The second kappa shape index (κ2) is 5.21. The monoisotopic (exact) mass is 321 g/mol. The molecule has 0 saturated heterocycles. The van der Waals surface area contributed by atoms with Crippen LogP contribution in [-0.4, -0.2) is 0 Å². The fraction of sp³-hybridized carbons (Fsp3) is 0.647. The Bertz CT molecular complexity index is 482. The minimum Gasteiger partial charge on any atom is -0.324 e. The summed E-state index contributed by atoms with van der Waals surface area (Å²) >= 11 is 3.60. The van der Waals surface area contributed by atoms with Crippen molar-refractivity contribution < 1.29 is 0 Å². The second-order valence-electron chi connectivity index (χ2n) is 6.74. The molecular weight excluding hydrogens is 298 g/mol. The zero-order valence-electron chi connectivity index (χ0n) is 12.0. The van der Waals surface area contributed by atoms with Crippen LogP contribution in [0.1, 0.15) is 54.8 Å². The molecule has 3 rings (SSSR count). The van der Waals surface area contributed by atoms with E-state index >= 15 is 0 Å². The number of aryl methyl sites for hydroxylation is 2. The Kier molecular flexibility index (Phi) is 3.74. The molecule has 1 aromatic rings. The van der Waals surface area contributed by atoms with Gasteiger partial charge in [-0.3, -0.25) is 0 Å². The summed E-state index contributed by atoms with van der Waals surface area (Å²) in [6.45, 7) is 4.33. The highest BCUT2D eigenvalue weighted by molar-refractivity contribution is 9.10. The molecule has 1 nitrogen and oxygen atoms in total. The van der Waals surface area contributed by atoms with Crippen molar-refractivity contribution in [3.63, 3.8) is 0 Å². The molecule has 4 atom stereocenters. The molecule has 2 heteroatoms. The predicted octanol–water partition coefficient (Wildman–Crippen LogP) is 4.89. The van der Waals surface area contributed by atoms with Gasteiger partial charge >= 0.3 is 0 Å². The van der Waals surface area contributed by atoms with E-state index in [1.165, 1.54) is 53.3 Å². The Morgan fingerprint density at radius 3 is 2.63 bits per heavy atom. The van der Waals surface area contributed by atoms with E-state index in [0.29, 0.717) is 0 Å². The van der Waals surface area contributed by atoms with Crippen LogP contribution in [0.25, 0.3) is 0 Å². The van der Waals surface area contributed by atoms with E-state index in [2.05, 4.69) is 41.9 Å². The zero-order chi connectivity index (χ0) is 13.6. The van der Waals surface area contributed by atoms with Crippen LogP contribution in [0, 0.1) is 31.6 Å². The molecule has 19 heavy (non-hydrogen) atoms. The fourth-order valence-corrected chi connectivity index (χ4v) is 4.78. The van der Waals surface area contributed by atoms with Crippen LogP contribution in [0.5, 0.6) is 0 Å². The summed E-state index contributed by atoms with van der Waals surface area (Å²) in [6, 6.07) is 4.71. The molecule has 1 aromatic carbocycles. The van der Waals surface area contributed by atoms with Gasteiger partial charge in [0.25, 0.3) is 0 Å². The van der Waals surface area contributed by atoms with Crippen molar-refractivity contribution >= 4 is 15.9 Å². The summed E-state index contributed by atoms with van der Waals surface area (Å²) in [7, 11) is 0. The minimum absolute atomic E-state index is 0.219. The van der Waals surface area contributed by atoms with E-state index in [9.17, 15) is 0 Å². The summed E-state index contributed by atoms with van der Waals surface area (Å²) in [5.74, 6) is 2.89. The van der Waals surface area contributed by atoms with Gasteiger partial charge in [-0.2, -0.15) is 0 Å². The first-order chi connectivity index (χ1) is 9.04. The summed E-state index contributed by atoms with van der Waals surface area (Å²) in [5.41, 5.74) is 10.5. The number of fused-ring (bicyclic) bond motifs is 2. The Labute approximate surface area is 125 Å². The van der Waals surface area contributed by atoms with E-state index in [0.717, 1.165) is 17.8 Å². The van der Waals surface area contributed by atoms with Gasteiger partial charge in [0.05, 0.1) is 0 Å². The molecule has 0 heterocycles. The van der Waals surface area contributed by atoms with Gasteiger partial charge in [-0.05, 0) is 80.0 Å². The van der Waals surface area contributed by atoms with Gasteiger partial charge in [-0.15, -0.1) is 0 Å². The lowest BCUT2D eigenvalue weighted by Crippen LogP contribution is -2.20. The predicted molar refractivity (Wildman–Crippen MR) is 84.1 cm³/mol. The third kappa shape index (κ3) is 2.62. The molecule has 4 unspecified atom stereocenters.